The highest BCUT2D eigenvalue weighted by atomic mass is 35.5. The Labute approximate surface area is 130 Å². The van der Waals surface area contributed by atoms with E-state index in [1.165, 1.54) is 17.1 Å². The van der Waals surface area contributed by atoms with Gasteiger partial charge in [0, 0.05) is 6.20 Å². The van der Waals surface area contributed by atoms with E-state index < -0.39 is 30.6 Å². The van der Waals surface area contributed by atoms with Gasteiger partial charge in [0.15, 0.2) is 11.8 Å². The lowest BCUT2D eigenvalue weighted by Gasteiger charge is -2.24. The van der Waals surface area contributed by atoms with E-state index in [0.717, 1.165) is 0 Å². The molecule has 0 spiro atoms. The van der Waals surface area contributed by atoms with Crippen LogP contribution in [-0.4, -0.2) is 54.3 Å². The predicted molar refractivity (Wildman–Crippen MR) is 77.7 cm³/mol. The third kappa shape index (κ3) is 1.88. The molecule has 3 rings (SSSR count). The molecular formula is C13H13ClN4O4. The number of nitrogens with zero attached hydrogens (tertiary/aromatic N) is 3. The summed E-state index contributed by atoms with van der Waals surface area (Å²) in [7, 11) is 0. The maximum atomic E-state index is 10.3. The number of ether oxygens (including phenoxy) is 1. The van der Waals surface area contributed by atoms with Crippen LogP contribution in [0.5, 0.6) is 0 Å². The van der Waals surface area contributed by atoms with Crippen molar-refractivity contribution in [3.63, 3.8) is 0 Å². The second-order valence-corrected chi connectivity index (χ2v) is 5.36. The number of nitrogens with two attached hydrogens (primary N) is 1. The van der Waals surface area contributed by atoms with Gasteiger partial charge in [-0.05, 0) is 0 Å². The van der Waals surface area contributed by atoms with Crippen molar-refractivity contribution in [2.24, 2.45) is 0 Å². The molecule has 0 aliphatic carbocycles. The Morgan fingerprint density at radius 3 is 2.86 bits per heavy atom. The van der Waals surface area contributed by atoms with Gasteiger partial charge in [-0.3, -0.25) is 0 Å². The van der Waals surface area contributed by atoms with Crippen LogP contribution < -0.4 is 5.73 Å². The molecule has 0 unspecified atom stereocenters. The van der Waals surface area contributed by atoms with Crippen molar-refractivity contribution in [3.05, 3.63) is 17.5 Å². The molecule has 3 heterocycles. The summed E-state index contributed by atoms with van der Waals surface area (Å²) in [5.41, 5.74) is 4.05. The fraction of sp³-hybridized carbons (Fsp3) is 0.385. The maximum absolute atomic E-state index is 10.3. The summed E-state index contributed by atoms with van der Waals surface area (Å²) in [5, 5.41) is 30.6. The second-order valence-electron chi connectivity index (χ2n) is 4.95. The number of aromatic nitrogens is 3. The number of fused-ring (bicyclic) bond motifs is 1. The molecule has 9 heteroatoms. The fourth-order valence-corrected chi connectivity index (χ4v) is 2.88. The quantitative estimate of drug-likeness (QED) is 0.537. The average molecular weight is 325 g/mol. The molecule has 1 aliphatic heterocycles. The summed E-state index contributed by atoms with van der Waals surface area (Å²) in [4.78, 5) is 7.91. The molecular weight excluding hydrogens is 312 g/mol. The Kier molecular flexibility index (Phi) is 3.47. The van der Waals surface area contributed by atoms with Crippen molar-refractivity contribution in [1.82, 2.24) is 14.5 Å². The highest BCUT2D eigenvalue weighted by molar-refractivity contribution is 6.36. The zero-order valence-corrected chi connectivity index (χ0v) is 12.0. The van der Waals surface area contributed by atoms with Gasteiger partial charge in [0.1, 0.15) is 30.0 Å². The second kappa shape index (κ2) is 5.08. The van der Waals surface area contributed by atoms with Gasteiger partial charge >= 0.3 is 0 Å². The topological polar surface area (TPSA) is 127 Å². The summed E-state index contributed by atoms with van der Waals surface area (Å²) in [5.74, 6) is 2.25. The standard InChI is InChI=1S/C13H13ClN4O4/c1-2-13(21)7(4-19)22-12(9(13)20)18-3-6(14)8-10(15)16-5-17-11(8)18/h1,3,5,7,9,12,19-21H,4H2,(H2,15,16,17)/t7-,9+,12-,13-/m1/s1. The molecule has 1 aliphatic rings. The molecule has 8 nitrogen and oxygen atoms in total. The van der Waals surface area contributed by atoms with Gasteiger partial charge in [0.05, 0.1) is 17.0 Å². The SMILES string of the molecule is C#C[C@@]1(O)[C@@H](CO)O[C@@H](n2cc(Cl)c3c(N)ncnc32)[C@@H]1O. The van der Waals surface area contributed by atoms with Crippen molar-refractivity contribution in [2.75, 3.05) is 12.3 Å². The lowest BCUT2D eigenvalue weighted by molar-refractivity contribution is -0.0604. The largest absolute Gasteiger partial charge is 0.394 e. The molecule has 22 heavy (non-hydrogen) atoms. The minimum absolute atomic E-state index is 0.173. The monoisotopic (exact) mass is 324 g/mol. The third-order valence-corrected chi connectivity index (χ3v) is 4.07. The summed E-state index contributed by atoms with van der Waals surface area (Å²) in [6.07, 6.45) is 4.24. The number of rotatable bonds is 2. The summed E-state index contributed by atoms with van der Waals surface area (Å²) in [6, 6.07) is 0. The van der Waals surface area contributed by atoms with Crippen LogP contribution >= 0.6 is 11.6 Å². The van der Waals surface area contributed by atoms with Crippen LogP contribution in [0, 0.1) is 12.3 Å². The van der Waals surface area contributed by atoms with Crippen LogP contribution in [-0.2, 0) is 4.74 Å². The van der Waals surface area contributed by atoms with Gasteiger partial charge in [-0.1, -0.05) is 17.5 Å². The Balaban J connectivity index is 2.14. The molecule has 2 aromatic heterocycles. The minimum atomic E-state index is -2.03. The van der Waals surface area contributed by atoms with Gasteiger partial charge in [0.2, 0.25) is 0 Å². The first-order valence-corrected chi connectivity index (χ1v) is 6.72. The minimum Gasteiger partial charge on any atom is -0.394 e. The van der Waals surface area contributed by atoms with Gasteiger partial charge in [-0.2, -0.15) is 0 Å². The van der Waals surface area contributed by atoms with Crippen LogP contribution in [0.2, 0.25) is 5.02 Å². The Hall–Kier alpha value is -1.89. The number of aliphatic hydroxyl groups excluding tert-OH is 2. The lowest BCUT2D eigenvalue weighted by Crippen LogP contribution is -2.47. The molecule has 0 saturated carbocycles. The van der Waals surface area contributed by atoms with Crippen molar-refractivity contribution in [1.29, 1.82) is 0 Å². The van der Waals surface area contributed by atoms with Crippen LogP contribution in [0.1, 0.15) is 6.23 Å². The lowest BCUT2D eigenvalue weighted by atomic mass is 9.93. The average Bonchev–Trinajstić information content (AvgIpc) is 2.97. The number of aliphatic hydroxyl groups is 3. The molecule has 0 amide bonds. The normalized spacial score (nSPS) is 31.5. The molecule has 0 bridgehead atoms. The van der Waals surface area contributed by atoms with Gasteiger partial charge in [0.25, 0.3) is 0 Å². The highest BCUT2D eigenvalue weighted by Crippen LogP contribution is 2.40. The van der Waals surface area contributed by atoms with E-state index in [1.54, 1.807) is 0 Å². The Morgan fingerprint density at radius 2 is 2.27 bits per heavy atom. The van der Waals surface area contributed by atoms with Crippen molar-refractivity contribution in [3.8, 4) is 12.3 Å². The van der Waals surface area contributed by atoms with E-state index in [9.17, 15) is 15.3 Å². The van der Waals surface area contributed by atoms with Crippen LogP contribution in [0.4, 0.5) is 5.82 Å². The van der Waals surface area contributed by atoms with E-state index >= 15 is 0 Å². The van der Waals surface area contributed by atoms with E-state index in [-0.39, 0.29) is 10.8 Å². The molecule has 4 atom stereocenters. The number of anilines is 1. The predicted octanol–water partition coefficient (Wildman–Crippen LogP) is -0.718. The highest BCUT2D eigenvalue weighted by Gasteiger charge is 2.55. The van der Waals surface area contributed by atoms with Crippen LogP contribution in [0.15, 0.2) is 12.5 Å². The number of hydrogen-bond donors (Lipinski definition) is 4. The van der Waals surface area contributed by atoms with E-state index in [0.29, 0.717) is 11.0 Å². The van der Waals surface area contributed by atoms with Crippen molar-refractivity contribution < 1.29 is 20.1 Å². The van der Waals surface area contributed by atoms with Crippen molar-refractivity contribution in [2.45, 2.75) is 24.0 Å². The number of terminal acetylenes is 1. The molecule has 0 aromatic carbocycles. The van der Waals surface area contributed by atoms with E-state index in [1.807, 2.05) is 0 Å². The summed E-state index contributed by atoms with van der Waals surface area (Å²) in [6.45, 7) is -0.557. The smallest absolute Gasteiger partial charge is 0.183 e. The first kappa shape index (κ1) is 15.0. The van der Waals surface area contributed by atoms with Gasteiger partial charge < -0.3 is 30.4 Å². The number of nitrogen functional groups attached to an aromatic ring is 1. The van der Waals surface area contributed by atoms with Crippen LogP contribution in [0.25, 0.3) is 11.0 Å². The number of halogens is 1. The van der Waals surface area contributed by atoms with E-state index in [2.05, 4.69) is 15.9 Å². The van der Waals surface area contributed by atoms with Crippen molar-refractivity contribution >= 4 is 28.5 Å². The molecule has 2 aromatic rings. The van der Waals surface area contributed by atoms with Gasteiger partial charge in [-0.25, -0.2) is 9.97 Å². The summed E-state index contributed by atoms with van der Waals surface area (Å²) >= 11 is 6.11. The Bertz CT molecular complexity index is 773. The Morgan fingerprint density at radius 1 is 1.55 bits per heavy atom. The van der Waals surface area contributed by atoms with E-state index in [4.69, 9.17) is 28.5 Å². The molecule has 1 fully saturated rings. The third-order valence-electron chi connectivity index (χ3n) is 3.78. The molecule has 5 N–H and O–H groups in total. The zero-order valence-electron chi connectivity index (χ0n) is 11.2. The maximum Gasteiger partial charge on any atom is 0.183 e. The van der Waals surface area contributed by atoms with Crippen LogP contribution in [0.3, 0.4) is 0 Å². The fourth-order valence-electron chi connectivity index (χ4n) is 2.59. The zero-order chi connectivity index (χ0) is 16.1. The molecule has 116 valence electrons. The molecule has 1 saturated heterocycles. The number of hydrogen-bond acceptors (Lipinski definition) is 7. The first-order valence-electron chi connectivity index (χ1n) is 6.35. The first-order chi connectivity index (χ1) is 10.4. The summed E-state index contributed by atoms with van der Waals surface area (Å²) < 4.78 is 6.89. The molecule has 0 radical (unpaired) electrons. The van der Waals surface area contributed by atoms with Gasteiger partial charge in [-0.15, -0.1) is 6.42 Å².